The number of amides is 3. The third kappa shape index (κ3) is 3.36. The SMILES string of the molecule is CCN1C(=O)N/C(=C\c2cc(C)n(-c3ccc(-c4ccccc4)cc3)c2C)C1=O. The van der Waals surface area contributed by atoms with Gasteiger partial charge in [-0.2, -0.15) is 0 Å². The topological polar surface area (TPSA) is 54.3 Å². The highest BCUT2D eigenvalue weighted by atomic mass is 16.2. The first-order chi connectivity index (χ1) is 14.0. The van der Waals surface area contributed by atoms with Crippen LogP contribution in [-0.2, 0) is 4.79 Å². The van der Waals surface area contributed by atoms with Crippen molar-refractivity contribution in [2.45, 2.75) is 20.8 Å². The van der Waals surface area contributed by atoms with E-state index in [-0.39, 0.29) is 11.9 Å². The Morgan fingerprint density at radius 1 is 0.931 bits per heavy atom. The molecule has 5 heteroatoms. The molecule has 0 unspecified atom stereocenters. The number of nitrogens with zero attached hydrogens (tertiary/aromatic N) is 2. The summed E-state index contributed by atoms with van der Waals surface area (Å²) in [5, 5.41) is 2.66. The fourth-order valence-electron chi connectivity index (χ4n) is 3.78. The second-order valence-corrected chi connectivity index (χ2v) is 7.11. The predicted molar refractivity (Wildman–Crippen MR) is 115 cm³/mol. The van der Waals surface area contributed by atoms with Crippen molar-refractivity contribution in [2.24, 2.45) is 0 Å². The van der Waals surface area contributed by atoms with E-state index in [1.54, 1.807) is 13.0 Å². The Morgan fingerprint density at radius 3 is 2.21 bits per heavy atom. The first-order valence-electron chi connectivity index (χ1n) is 9.69. The molecule has 0 aliphatic carbocycles. The molecule has 0 atom stereocenters. The molecule has 3 amide bonds. The number of aryl methyl sites for hydroxylation is 1. The van der Waals surface area contributed by atoms with E-state index in [0.29, 0.717) is 12.2 Å². The monoisotopic (exact) mass is 385 g/mol. The van der Waals surface area contributed by atoms with Crippen molar-refractivity contribution < 1.29 is 9.59 Å². The Morgan fingerprint density at radius 2 is 1.59 bits per heavy atom. The molecule has 5 nitrogen and oxygen atoms in total. The zero-order valence-electron chi connectivity index (χ0n) is 16.8. The van der Waals surface area contributed by atoms with Gasteiger partial charge >= 0.3 is 6.03 Å². The molecule has 0 spiro atoms. The van der Waals surface area contributed by atoms with E-state index >= 15 is 0 Å². The quantitative estimate of drug-likeness (QED) is 0.524. The predicted octanol–water partition coefficient (Wildman–Crippen LogP) is 4.67. The van der Waals surface area contributed by atoms with Crippen LogP contribution < -0.4 is 5.32 Å². The zero-order valence-corrected chi connectivity index (χ0v) is 16.8. The number of hydrogen-bond acceptors (Lipinski definition) is 2. The summed E-state index contributed by atoms with van der Waals surface area (Å²) < 4.78 is 2.15. The first kappa shape index (κ1) is 18.7. The normalized spacial score (nSPS) is 15.3. The van der Waals surface area contributed by atoms with Crippen molar-refractivity contribution >= 4 is 18.0 Å². The first-order valence-corrected chi connectivity index (χ1v) is 9.69. The summed E-state index contributed by atoms with van der Waals surface area (Å²) in [7, 11) is 0. The molecule has 146 valence electrons. The van der Waals surface area contributed by atoms with Gasteiger partial charge < -0.3 is 9.88 Å². The van der Waals surface area contributed by atoms with Crippen LogP contribution in [0.25, 0.3) is 22.9 Å². The van der Waals surface area contributed by atoms with Crippen molar-refractivity contribution in [3.63, 3.8) is 0 Å². The van der Waals surface area contributed by atoms with Gasteiger partial charge in [-0.3, -0.25) is 9.69 Å². The molecule has 1 aromatic heterocycles. The highest BCUT2D eigenvalue weighted by Gasteiger charge is 2.32. The molecule has 0 radical (unpaired) electrons. The molecule has 29 heavy (non-hydrogen) atoms. The largest absolute Gasteiger partial charge is 0.328 e. The molecule has 2 aromatic carbocycles. The van der Waals surface area contributed by atoms with E-state index < -0.39 is 0 Å². The highest BCUT2D eigenvalue weighted by molar-refractivity contribution is 6.14. The summed E-state index contributed by atoms with van der Waals surface area (Å²) in [6.45, 7) is 6.19. The summed E-state index contributed by atoms with van der Waals surface area (Å²) in [5.74, 6) is -0.283. The van der Waals surface area contributed by atoms with Crippen molar-refractivity contribution in [3.05, 3.63) is 83.3 Å². The van der Waals surface area contributed by atoms with Crippen molar-refractivity contribution in [3.8, 4) is 16.8 Å². The van der Waals surface area contributed by atoms with Gasteiger partial charge in [-0.05, 0) is 61.7 Å². The van der Waals surface area contributed by atoms with Crippen LogP contribution in [0.2, 0.25) is 0 Å². The van der Waals surface area contributed by atoms with E-state index in [1.807, 2.05) is 38.1 Å². The fourth-order valence-corrected chi connectivity index (χ4v) is 3.78. The number of likely N-dealkylation sites (N-methyl/N-ethyl adjacent to an activating group) is 1. The zero-order chi connectivity index (χ0) is 20.5. The van der Waals surface area contributed by atoms with Gasteiger partial charge in [0.25, 0.3) is 5.91 Å². The lowest BCUT2D eigenvalue weighted by molar-refractivity contribution is -0.122. The Kier molecular flexibility index (Phi) is 4.80. The van der Waals surface area contributed by atoms with E-state index in [0.717, 1.165) is 28.2 Å². The Labute approximate surface area is 170 Å². The average molecular weight is 385 g/mol. The third-order valence-corrected chi connectivity index (χ3v) is 5.28. The number of benzene rings is 2. The third-order valence-electron chi connectivity index (χ3n) is 5.28. The van der Waals surface area contributed by atoms with Crippen molar-refractivity contribution in [1.82, 2.24) is 14.8 Å². The number of carbonyl (C=O) groups is 2. The van der Waals surface area contributed by atoms with Crippen LogP contribution >= 0.6 is 0 Å². The van der Waals surface area contributed by atoms with Gasteiger partial charge in [0.05, 0.1) is 0 Å². The van der Waals surface area contributed by atoms with Crippen LogP contribution in [0.1, 0.15) is 23.9 Å². The number of hydrogen-bond donors (Lipinski definition) is 1. The Balaban J connectivity index is 1.67. The minimum Gasteiger partial charge on any atom is -0.318 e. The molecule has 3 aromatic rings. The van der Waals surface area contributed by atoms with Gasteiger partial charge in [-0.15, -0.1) is 0 Å². The molecule has 1 aliphatic heterocycles. The molecule has 2 heterocycles. The second kappa shape index (κ2) is 7.43. The standard InChI is InChI=1S/C24H23N3O2/c1-4-26-23(28)22(25-24(26)29)15-20-14-16(2)27(17(20)3)21-12-10-19(11-13-21)18-8-6-5-7-9-18/h5-15H,4H2,1-3H3,(H,25,29)/b22-15-. The van der Waals surface area contributed by atoms with Gasteiger partial charge in [0.2, 0.25) is 0 Å². The van der Waals surface area contributed by atoms with Gasteiger partial charge in [0.15, 0.2) is 0 Å². The maximum absolute atomic E-state index is 12.4. The van der Waals surface area contributed by atoms with Crippen molar-refractivity contribution in [2.75, 3.05) is 6.54 Å². The molecular weight excluding hydrogens is 362 g/mol. The van der Waals surface area contributed by atoms with E-state index in [2.05, 4.69) is 46.3 Å². The maximum atomic E-state index is 12.4. The van der Waals surface area contributed by atoms with Crippen molar-refractivity contribution in [1.29, 1.82) is 0 Å². The number of imide groups is 1. The average Bonchev–Trinajstić information content (AvgIpc) is 3.17. The molecule has 1 N–H and O–H groups in total. The van der Waals surface area contributed by atoms with Gasteiger partial charge in [-0.1, -0.05) is 42.5 Å². The molecule has 0 saturated carbocycles. The number of aromatic nitrogens is 1. The van der Waals surface area contributed by atoms with E-state index in [1.165, 1.54) is 10.5 Å². The number of rotatable bonds is 4. The summed E-state index contributed by atoms with van der Waals surface area (Å²) >= 11 is 0. The van der Waals surface area contributed by atoms with Crippen LogP contribution in [0.15, 0.2) is 66.4 Å². The molecule has 1 fully saturated rings. The van der Waals surface area contributed by atoms with Crippen LogP contribution in [-0.4, -0.2) is 28.0 Å². The van der Waals surface area contributed by atoms with Crippen LogP contribution in [0.4, 0.5) is 4.79 Å². The maximum Gasteiger partial charge on any atom is 0.328 e. The molecule has 1 saturated heterocycles. The smallest absolute Gasteiger partial charge is 0.318 e. The molecular formula is C24H23N3O2. The summed E-state index contributed by atoms with van der Waals surface area (Å²) in [6, 6.07) is 20.4. The molecule has 0 bridgehead atoms. The Bertz CT molecular complexity index is 1110. The lowest BCUT2D eigenvalue weighted by atomic mass is 10.1. The number of nitrogens with one attached hydrogen (secondary N) is 1. The lowest BCUT2D eigenvalue weighted by Gasteiger charge is -2.11. The molecule has 4 rings (SSSR count). The number of carbonyl (C=O) groups excluding carboxylic acids is 2. The summed E-state index contributed by atoms with van der Waals surface area (Å²) in [5.41, 5.74) is 6.71. The summed E-state index contributed by atoms with van der Waals surface area (Å²) in [4.78, 5) is 25.5. The van der Waals surface area contributed by atoms with Gasteiger partial charge in [0, 0.05) is 23.6 Å². The van der Waals surface area contributed by atoms with E-state index in [4.69, 9.17) is 0 Å². The van der Waals surface area contributed by atoms with Crippen LogP contribution in [0, 0.1) is 13.8 Å². The fraction of sp³-hybridized carbons (Fsp3) is 0.167. The van der Waals surface area contributed by atoms with Gasteiger partial charge in [0.1, 0.15) is 5.70 Å². The number of urea groups is 1. The minimum atomic E-state index is -0.367. The lowest BCUT2D eigenvalue weighted by Crippen LogP contribution is -2.30. The minimum absolute atomic E-state index is 0.283. The van der Waals surface area contributed by atoms with E-state index in [9.17, 15) is 9.59 Å². The second-order valence-electron chi connectivity index (χ2n) is 7.11. The van der Waals surface area contributed by atoms with Gasteiger partial charge in [-0.25, -0.2) is 4.79 Å². The molecule has 1 aliphatic rings. The summed E-state index contributed by atoms with van der Waals surface area (Å²) in [6.07, 6.45) is 1.76. The van der Waals surface area contributed by atoms with Crippen LogP contribution in [0.3, 0.4) is 0 Å². The Hall–Kier alpha value is -3.60. The van der Waals surface area contributed by atoms with Crippen LogP contribution in [0.5, 0.6) is 0 Å². The highest BCUT2D eigenvalue weighted by Crippen LogP contribution is 2.26.